The van der Waals surface area contributed by atoms with Gasteiger partial charge in [-0.15, -0.1) is 11.3 Å². The van der Waals surface area contributed by atoms with Gasteiger partial charge in [0.1, 0.15) is 0 Å². The zero-order valence-electron chi connectivity index (χ0n) is 17.3. The fourth-order valence-electron chi connectivity index (χ4n) is 3.85. The molecule has 0 fully saturated rings. The van der Waals surface area contributed by atoms with Crippen molar-refractivity contribution in [2.24, 2.45) is 0 Å². The predicted molar refractivity (Wildman–Crippen MR) is 122 cm³/mol. The molecule has 3 aromatic rings. The number of methoxy groups -OCH3 is 2. The van der Waals surface area contributed by atoms with Gasteiger partial charge in [0.25, 0.3) is 0 Å². The molecule has 0 aliphatic carbocycles. The Hall–Kier alpha value is -2.99. The molecule has 1 amide bonds. The van der Waals surface area contributed by atoms with Gasteiger partial charge in [-0.1, -0.05) is 12.1 Å². The normalized spacial score (nSPS) is 12.9. The molecule has 5 nitrogen and oxygen atoms in total. The van der Waals surface area contributed by atoms with E-state index in [-0.39, 0.29) is 5.91 Å². The lowest BCUT2D eigenvalue weighted by Gasteiger charge is -2.29. The second-order valence-corrected chi connectivity index (χ2v) is 8.29. The number of hydrogen-bond donors (Lipinski definition) is 1. The molecule has 0 saturated heterocycles. The molecule has 1 aliphatic rings. The van der Waals surface area contributed by atoms with E-state index < -0.39 is 0 Å². The summed E-state index contributed by atoms with van der Waals surface area (Å²) in [5.74, 6) is 1.35. The van der Waals surface area contributed by atoms with E-state index in [0.717, 1.165) is 30.8 Å². The highest BCUT2D eigenvalue weighted by Gasteiger charge is 2.17. The Bertz CT molecular complexity index is 1010. The van der Waals surface area contributed by atoms with Gasteiger partial charge in [-0.3, -0.25) is 4.79 Å². The number of carbonyl (C=O) groups is 1. The number of anilines is 2. The number of nitrogens with one attached hydrogen (secondary N) is 1. The van der Waals surface area contributed by atoms with Crippen LogP contribution in [0.4, 0.5) is 11.4 Å². The first kappa shape index (κ1) is 20.3. The summed E-state index contributed by atoms with van der Waals surface area (Å²) in [7, 11) is 3.23. The monoisotopic (exact) mass is 422 g/mol. The minimum atomic E-state index is -0.0199. The molecule has 2 aromatic carbocycles. The Labute approximate surface area is 181 Å². The number of aryl methyl sites for hydroxylation is 1. The Morgan fingerprint density at radius 2 is 1.93 bits per heavy atom. The highest BCUT2D eigenvalue weighted by molar-refractivity contribution is 7.10. The van der Waals surface area contributed by atoms with Crippen LogP contribution in [-0.2, 0) is 24.2 Å². The maximum absolute atomic E-state index is 12.4. The lowest BCUT2D eigenvalue weighted by atomic mass is 10.1. The van der Waals surface area contributed by atoms with Crippen LogP contribution in [0.5, 0.6) is 11.5 Å². The second-order valence-electron chi connectivity index (χ2n) is 7.29. The maximum atomic E-state index is 12.4. The fourth-order valence-corrected chi connectivity index (χ4v) is 4.74. The van der Waals surface area contributed by atoms with Crippen molar-refractivity contribution in [1.82, 2.24) is 0 Å². The zero-order chi connectivity index (χ0) is 20.9. The third-order valence-electron chi connectivity index (χ3n) is 5.43. The van der Waals surface area contributed by atoms with E-state index in [1.54, 1.807) is 14.2 Å². The zero-order valence-corrected chi connectivity index (χ0v) is 18.1. The number of nitrogens with zero attached hydrogens (tertiary/aromatic N) is 1. The minimum Gasteiger partial charge on any atom is -0.493 e. The van der Waals surface area contributed by atoms with E-state index in [0.29, 0.717) is 24.3 Å². The SMILES string of the molecule is COc1cccc(CCC(=O)Nc2ccc(N3CCc4sccc4C3)cc2)c1OC. The van der Waals surface area contributed by atoms with Crippen molar-refractivity contribution in [2.75, 3.05) is 31.0 Å². The Balaban J connectivity index is 1.33. The Kier molecular flexibility index (Phi) is 6.23. The minimum absolute atomic E-state index is 0.0199. The van der Waals surface area contributed by atoms with Gasteiger partial charge in [0.2, 0.25) is 5.91 Å². The van der Waals surface area contributed by atoms with Crippen LogP contribution in [0, 0.1) is 0 Å². The second kappa shape index (κ2) is 9.22. The molecule has 4 rings (SSSR count). The average Bonchev–Trinajstić information content (AvgIpc) is 3.25. The number of carbonyl (C=O) groups excluding carboxylic acids is 1. The van der Waals surface area contributed by atoms with Crippen molar-refractivity contribution >= 4 is 28.6 Å². The number of amides is 1. The lowest BCUT2D eigenvalue weighted by Crippen LogP contribution is -2.29. The van der Waals surface area contributed by atoms with Crippen molar-refractivity contribution in [3.8, 4) is 11.5 Å². The van der Waals surface area contributed by atoms with Gasteiger partial charge in [-0.05, 0) is 65.7 Å². The molecule has 0 saturated carbocycles. The summed E-state index contributed by atoms with van der Waals surface area (Å²) in [5.41, 5.74) is 4.39. The van der Waals surface area contributed by atoms with Crippen LogP contribution in [0.25, 0.3) is 0 Å². The molecule has 0 spiro atoms. The lowest BCUT2D eigenvalue weighted by molar-refractivity contribution is -0.116. The molecule has 0 unspecified atom stereocenters. The molecule has 156 valence electrons. The van der Waals surface area contributed by atoms with Crippen molar-refractivity contribution in [3.63, 3.8) is 0 Å². The van der Waals surface area contributed by atoms with E-state index in [1.165, 1.54) is 16.1 Å². The average molecular weight is 423 g/mol. The van der Waals surface area contributed by atoms with Gasteiger partial charge in [-0.25, -0.2) is 0 Å². The number of para-hydroxylation sites is 1. The first-order valence-electron chi connectivity index (χ1n) is 10.1. The number of benzene rings is 2. The van der Waals surface area contributed by atoms with Crippen molar-refractivity contribution in [1.29, 1.82) is 0 Å². The van der Waals surface area contributed by atoms with Crippen LogP contribution in [0.3, 0.4) is 0 Å². The summed E-state index contributed by atoms with van der Waals surface area (Å²) in [6.45, 7) is 1.98. The first-order valence-corrected chi connectivity index (χ1v) is 11.0. The summed E-state index contributed by atoms with van der Waals surface area (Å²) < 4.78 is 10.8. The van der Waals surface area contributed by atoms with Gasteiger partial charge in [-0.2, -0.15) is 0 Å². The van der Waals surface area contributed by atoms with E-state index in [1.807, 2.05) is 41.7 Å². The molecule has 1 aromatic heterocycles. The molecule has 2 heterocycles. The third-order valence-corrected chi connectivity index (χ3v) is 6.45. The number of rotatable bonds is 7. The van der Waals surface area contributed by atoms with Crippen LogP contribution in [0.15, 0.2) is 53.9 Å². The van der Waals surface area contributed by atoms with E-state index in [9.17, 15) is 4.79 Å². The molecule has 0 bridgehead atoms. The van der Waals surface area contributed by atoms with E-state index >= 15 is 0 Å². The standard InChI is InChI=1S/C24H26N2O3S/c1-28-21-5-3-4-17(24(21)29-2)6-11-23(27)25-19-7-9-20(10-8-19)26-14-12-22-18(16-26)13-15-30-22/h3-5,7-10,13,15H,6,11-12,14,16H2,1-2H3,(H,25,27). The van der Waals surface area contributed by atoms with E-state index in [4.69, 9.17) is 9.47 Å². The molecule has 30 heavy (non-hydrogen) atoms. The van der Waals surface area contributed by atoms with Crippen molar-refractivity contribution < 1.29 is 14.3 Å². The van der Waals surface area contributed by atoms with Crippen molar-refractivity contribution in [3.05, 3.63) is 69.9 Å². The maximum Gasteiger partial charge on any atom is 0.224 e. The van der Waals surface area contributed by atoms with Crippen LogP contribution in [0.2, 0.25) is 0 Å². The molecule has 0 radical (unpaired) electrons. The van der Waals surface area contributed by atoms with Crippen LogP contribution >= 0.6 is 11.3 Å². The van der Waals surface area contributed by atoms with Crippen molar-refractivity contribution in [2.45, 2.75) is 25.8 Å². The largest absolute Gasteiger partial charge is 0.493 e. The molecule has 6 heteroatoms. The van der Waals surface area contributed by atoms with E-state index in [2.05, 4.69) is 33.8 Å². The van der Waals surface area contributed by atoms with Crippen LogP contribution in [-0.4, -0.2) is 26.7 Å². The summed E-state index contributed by atoms with van der Waals surface area (Å²) in [4.78, 5) is 16.3. The van der Waals surface area contributed by atoms with Gasteiger partial charge in [0.05, 0.1) is 14.2 Å². The highest BCUT2D eigenvalue weighted by Crippen LogP contribution is 2.32. The Morgan fingerprint density at radius 3 is 2.70 bits per heavy atom. The predicted octanol–water partition coefficient (Wildman–Crippen LogP) is 4.90. The summed E-state index contributed by atoms with van der Waals surface area (Å²) >= 11 is 1.85. The van der Waals surface area contributed by atoms with Gasteiger partial charge in [0, 0.05) is 35.8 Å². The first-order chi connectivity index (χ1) is 14.7. The molecule has 1 aliphatic heterocycles. The number of hydrogen-bond acceptors (Lipinski definition) is 5. The van der Waals surface area contributed by atoms with Gasteiger partial charge >= 0.3 is 0 Å². The highest BCUT2D eigenvalue weighted by atomic mass is 32.1. The molecular formula is C24H26N2O3S. The topological polar surface area (TPSA) is 50.8 Å². The molecule has 1 N–H and O–H groups in total. The summed E-state index contributed by atoms with van der Waals surface area (Å²) in [6, 6.07) is 16.1. The molecule has 0 atom stereocenters. The molecular weight excluding hydrogens is 396 g/mol. The summed E-state index contributed by atoms with van der Waals surface area (Å²) in [6.07, 6.45) is 2.05. The third kappa shape index (κ3) is 4.44. The number of ether oxygens (including phenoxy) is 2. The van der Waals surface area contributed by atoms with Crippen LogP contribution < -0.4 is 19.7 Å². The Morgan fingerprint density at radius 1 is 1.10 bits per heavy atom. The van der Waals surface area contributed by atoms with Gasteiger partial charge < -0.3 is 19.7 Å². The number of fused-ring (bicyclic) bond motifs is 1. The smallest absolute Gasteiger partial charge is 0.224 e. The van der Waals surface area contributed by atoms with Crippen LogP contribution in [0.1, 0.15) is 22.4 Å². The number of thiophene rings is 1. The van der Waals surface area contributed by atoms with Gasteiger partial charge in [0.15, 0.2) is 11.5 Å². The quantitative estimate of drug-likeness (QED) is 0.588. The fraction of sp³-hybridized carbons (Fsp3) is 0.292. The summed E-state index contributed by atoms with van der Waals surface area (Å²) in [5, 5.41) is 5.17.